The molecule has 2 aliphatic heterocycles. The number of nitrogens with two attached hydrogens (primary N) is 1. The maximum absolute atomic E-state index is 5.38. The van der Waals surface area contributed by atoms with Crippen molar-refractivity contribution in [3.8, 4) is 0 Å². The van der Waals surface area contributed by atoms with E-state index in [2.05, 4.69) is 25.4 Å². The molecule has 2 heterocycles. The molecule has 0 fully saturated rings. The van der Waals surface area contributed by atoms with Crippen molar-refractivity contribution in [2.75, 3.05) is 7.11 Å². The van der Waals surface area contributed by atoms with Crippen LogP contribution in [0, 0.1) is 0 Å². The second kappa shape index (κ2) is 2.36. The van der Waals surface area contributed by atoms with Gasteiger partial charge in [0.15, 0.2) is 5.84 Å². The average molecular weight is 166 g/mol. The van der Waals surface area contributed by atoms with Gasteiger partial charge in [-0.25, -0.2) is 0 Å². The lowest BCUT2D eigenvalue weighted by Gasteiger charge is -2.12. The Balaban J connectivity index is 2.40. The topological polar surface area (TPSA) is 97.0 Å². The summed E-state index contributed by atoms with van der Waals surface area (Å²) in [5, 5.41) is 10.9. The van der Waals surface area contributed by atoms with Crippen molar-refractivity contribution in [2.24, 2.45) is 31.2 Å². The summed E-state index contributed by atoms with van der Waals surface area (Å²) in [4.78, 5) is 7.66. The highest BCUT2D eigenvalue weighted by atomic mass is 16.5. The Morgan fingerprint density at radius 2 is 2.25 bits per heavy atom. The van der Waals surface area contributed by atoms with E-state index in [1.54, 1.807) is 0 Å². The Morgan fingerprint density at radius 3 is 3.00 bits per heavy atom. The van der Waals surface area contributed by atoms with Crippen molar-refractivity contribution < 1.29 is 4.74 Å². The van der Waals surface area contributed by atoms with Crippen molar-refractivity contribution in [3.63, 3.8) is 0 Å². The van der Waals surface area contributed by atoms with Crippen LogP contribution in [-0.4, -0.2) is 30.8 Å². The van der Waals surface area contributed by atoms with Crippen LogP contribution in [0.25, 0.3) is 0 Å². The molecule has 2 rings (SSSR count). The molecule has 2 N–H and O–H groups in total. The largest absolute Gasteiger partial charge is 0.482 e. The van der Waals surface area contributed by atoms with Gasteiger partial charge in [0, 0.05) is 0 Å². The molecule has 0 amide bonds. The summed E-state index contributed by atoms with van der Waals surface area (Å²) in [7, 11) is 1.49. The molecule has 0 bridgehead atoms. The maximum Gasteiger partial charge on any atom is 0.226 e. The average Bonchev–Trinajstić information content (AvgIpc) is 2.50. The molecule has 1 atom stereocenters. The van der Waals surface area contributed by atoms with Crippen LogP contribution in [0.4, 0.5) is 0 Å². The van der Waals surface area contributed by atoms with E-state index in [1.165, 1.54) is 7.11 Å². The third-order valence-electron chi connectivity index (χ3n) is 1.46. The Morgan fingerprint density at radius 1 is 1.42 bits per heavy atom. The van der Waals surface area contributed by atoms with Gasteiger partial charge in [0.05, 0.1) is 7.11 Å². The fourth-order valence-electron chi connectivity index (χ4n) is 0.947. The van der Waals surface area contributed by atoms with Crippen molar-refractivity contribution in [1.82, 2.24) is 0 Å². The number of rotatable bonds is 0. The van der Waals surface area contributed by atoms with E-state index in [1.807, 2.05) is 0 Å². The monoisotopic (exact) mass is 166 g/mol. The van der Waals surface area contributed by atoms with Gasteiger partial charge in [-0.1, -0.05) is 0 Å². The van der Waals surface area contributed by atoms with Gasteiger partial charge in [-0.3, -0.25) is 0 Å². The SMILES string of the molecule is COC1=NC(N)=NC2=NN=NC21. The molecule has 0 aromatic heterocycles. The zero-order valence-corrected chi connectivity index (χ0v) is 6.30. The summed E-state index contributed by atoms with van der Waals surface area (Å²) in [5.74, 6) is 0.927. The number of amidine groups is 1. The highest BCUT2D eigenvalue weighted by Crippen LogP contribution is 2.12. The minimum absolute atomic E-state index is 0.120. The lowest BCUT2D eigenvalue weighted by atomic mass is 10.2. The molecule has 0 saturated heterocycles. The fraction of sp³-hybridized carbons (Fsp3) is 0.400. The Labute approximate surface area is 67.7 Å². The Kier molecular flexibility index (Phi) is 1.36. The molecule has 0 radical (unpaired) electrons. The number of fused-ring (bicyclic) bond motifs is 1. The van der Waals surface area contributed by atoms with Gasteiger partial charge >= 0.3 is 0 Å². The zero-order chi connectivity index (χ0) is 8.55. The third-order valence-corrected chi connectivity index (χ3v) is 1.46. The quantitative estimate of drug-likeness (QED) is 0.525. The van der Waals surface area contributed by atoms with Gasteiger partial charge in [-0.2, -0.15) is 9.98 Å². The number of hydrogen-bond donors (Lipinski definition) is 1. The molecular formula is C5H6N6O. The number of methoxy groups -OCH3 is 1. The van der Waals surface area contributed by atoms with Crippen LogP contribution in [0.1, 0.15) is 0 Å². The fourth-order valence-corrected chi connectivity index (χ4v) is 0.947. The van der Waals surface area contributed by atoms with E-state index in [4.69, 9.17) is 10.5 Å². The molecule has 0 aliphatic carbocycles. The molecular weight excluding hydrogens is 160 g/mol. The minimum atomic E-state index is -0.401. The van der Waals surface area contributed by atoms with Gasteiger partial charge in [0.25, 0.3) is 0 Å². The molecule has 0 aromatic rings. The number of aliphatic imine (C=N–C) groups is 2. The molecule has 7 nitrogen and oxygen atoms in total. The standard InChI is InChI=1S/C5H6N6O/c1-12-4-2-3(10-11-9-2)7-5(6)8-4/h2H,1H3,(H2,6,7,9,10). The van der Waals surface area contributed by atoms with Gasteiger partial charge in [0.2, 0.25) is 17.9 Å². The Hall–Kier alpha value is -1.79. The van der Waals surface area contributed by atoms with Crippen LogP contribution in [-0.2, 0) is 4.74 Å². The molecule has 12 heavy (non-hydrogen) atoms. The predicted octanol–water partition coefficient (Wildman–Crippen LogP) is -0.493. The van der Waals surface area contributed by atoms with Gasteiger partial charge in [-0.15, -0.1) is 10.2 Å². The van der Waals surface area contributed by atoms with Gasteiger partial charge < -0.3 is 10.5 Å². The Bertz CT molecular complexity index is 327. The first kappa shape index (κ1) is 6.89. The van der Waals surface area contributed by atoms with Crippen LogP contribution < -0.4 is 5.73 Å². The van der Waals surface area contributed by atoms with Crippen LogP contribution >= 0.6 is 0 Å². The molecule has 1 unspecified atom stereocenters. The van der Waals surface area contributed by atoms with Crippen LogP contribution in [0.5, 0.6) is 0 Å². The molecule has 0 saturated carbocycles. The summed E-state index contributed by atoms with van der Waals surface area (Å²) in [6.45, 7) is 0. The van der Waals surface area contributed by atoms with E-state index in [0.29, 0.717) is 11.7 Å². The number of guanidine groups is 1. The molecule has 7 heteroatoms. The number of hydrogen-bond acceptors (Lipinski definition) is 7. The van der Waals surface area contributed by atoms with E-state index < -0.39 is 6.04 Å². The van der Waals surface area contributed by atoms with E-state index >= 15 is 0 Å². The first-order chi connectivity index (χ1) is 5.81. The summed E-state index contributed by atoms with van der Waals surface area (Å²) >= 11 is 0. The van der Waals surface area contributed by atoms with E-state index in [9.17, 15) is 0 Å². The van der Waals surface area contributed by atoms with Crippen molar-refractivity contribution in [3.05, 3.63) is 0 Å². The van der Waals surface area contributed by atoms with Crippen molar-refractivity contribution in [2.45, 2.75) is 6.04 Å². The van der Waals surface area contributed by atoms with E-state index in [0.717, 1.165) is 0 Å². The van der Waals surface area contributed by atoms with Crippen LogP contribution in [0.2, 0.25) is 0 Å². The van der Waals surface area contributed by atoms with Crippen LogP contribution in [0.15, 0.2) is 25.4 Å². The smallest absolute Gasteiger partial charge is 0.226 e. The first-order valence-electron chi connectivity index (χ1n) is 3.25. The molecule has 0 aromatic carbocycles. The zero-order valence-electron chi connectivity index (χ0n) is 6.30. The second-order valence-electron chi connectivity index (χ2n) is 2.19. The number of ether oxygens (including phenoxy) is 1. The number of nitrogens with zero attached hydrogens (tertiary/aromatic N) is 5. The second-order valence-corrected chi connectivity index (χ2v) is 2.19. The predicted molar refractivity (Wildman–Crippen MR) is 42.1 cm³/mol. The normalized spacial score (nSPS) is 25.8. The summed E-state index contributed by atoms with van der Waals surface area (Å²) in [6, 6.07) is -0.401. The van der Waals surface area contributed by atoms with Crippen molar-refractivity contribution in [1.29, 1.82) is 0 Å². The highest BCUT2D eigenvalue weighted by molar-refractivity contribution is 6.17. The van der Waals surface area contributed by atoms with E-state index in [-0.39, 0.29) is 5.96 Å². The summed E-state index contributed by atoms with van der Waals surface area (Å²) in [5.41, 5.74) is 5.38. The molecule has 2 aliphatic rings. The van der Waals surface area contributed by atoms with Gasteiger partial charge in [0.1, 0.15) is 0 Å². The summed E-state index contributed by atoms with van der Waals surface area (Å²) < 4.78 is 4.93. The molecule has 62 valence electrons. The lowest BCUT2D eigenvalue weighted by Crippen LogP contribution is -2.33. The highest BCUT2D eigenvalue weighted by Gasteiger charge is 2.30. The van der Waals surface area contributed by atoms with Crippen LogP contribution in [0.3, 0.4) is 0 Å². The minimum Gasteiger partial charge on any atom is -0.482 e. The first-order valence-corrected chi connectivity index (χ1v) is 3.25. The molecule has 0 spiro atoms. The van der Waals surface area contributed by atoms with Crippen molar-refractivity contribution >= 4 is 17.7 Å². The lowest BCUT2D eigenvalue weighted by molar-refractivity contribution is 0.390. The van der Waals surface area contributed by atoms with Gasteiger partial charge in [-0.05, 0) is 5.22 Å². The maximum atomic E-state index is 5.38. The third kappa shape index (κ3) is 0.865. The summed E-state index contributed by atoms with van der Waals surface area (Å²) in [6.07, 6.45) is 0.